The highest BCUT2D eigenvalue weighted by molar-refractivity contribution is 6.43. The lowest BCUT2D eigenvalue weighted by Gasteiger charge is -2.09. The first-order chi connectivity index (χ1) is 10.5. The van der Waals surface area contributed by atoms with Gasteiger partial charge in [0.1, 0.15) is 0 Å². The lowest BCUT2D eigenvalue weighted by Crippen LogP contribution is -2.29. The van der Waals surface area contributed by atoms with E-state index >= 15 is 0 Å². The number of anilines is 3. The molecule has 2 rings (SSSR count). The number of aryl methyl sites for hydroxylation is 1. The van der Waals surface area contributed by atoms with Gasteiger partial charge in [0, 0.05) is 5.69 Å². The molecule has 0 aliphatic rings. The second-order valence-corrected chi connectivity index (χ2v) is 4.69. The quantitative estimate of drug-likeness (QED) is 0.581. The first-order valence-corrected chi connectivity index (χ1v) is 6.48. The Morgan fingerprint density at radius 2 is 1.68 bits per heavy atom. The monoisotopic (exact) mass is 294 g/mol. The smallest absolute Gasteiger partial charge is 0.314 e. The molecule has 0 aromatic heterocycles. The van der Waals surface area contributed by atoms with Crippen LogP contribution >= 0.6 is 0 Å². The molecule has 0 saturated carbocycles. The van der Waals surface area contributed by atoms with Gasteiger partial charge in [-0.25, -0.2) is 0 Å². The van der Waals surface area contributed by atoms with Gasteiger partial charge in [-0.1, -0.05) is 6.07 Å². The number of rotatable bonds is 2. The van der Waals surface area contributed by atoms with Gasteiger partial charge in [-0.05, 0) is 48.9 Å². The zero-order valence-electron chi connectivity index (χ0n) is 11.9. The van der Waals surface area contributed by atoms with Crippen LogP contribution in [0.15, 0.2) is 42.5 Å². The highest BCUT2D eigenvalue weighted by atomic mass is 16.2. The maximum atomic E-state index is 11.8. The Hall–Kier alpha value is -3.33. The molecule has 110 valence electrons. The number of benzene rings is 2. The summed E-state index contributed by atoms with van der Waals surface area (Å²) in [7, 11) is 0. The summed E-state index contributed by atoms with van der Waals surface area (Å²) in [5, 5.41) is 13.6. The van der Waals surface area contributed by atoms with E-state index in [0.29, 0.717) is 22.6 Å². The van der Waals surface area contributed by atoms with Gasteiger partial charge >= 0.3 is 11.8 Å². The van der Waals surface area contributed by atoms with Crippen molar-refractivity contribution < 1.29 is 9.59 Å². The number of nitriles is 1. The molecule has 0 heterocycles. The molecule has 0 aliphatic heterocycles. The van der Waals surface area contributed by atoms with Gasteiger partial charge in [-0.15, -0.1) is 0 Å². The van der Waals surface area contributed by atoms with Crippen molar-refractivity contribution >= 4 is 28.9 Å². The van der Waals surface area contributed by atoms with E-state index in [1.165, 1.54) is 0 Å². The minimum Gasteiger partial charge on any atom is -0.397 e. The molecule has 2 aromatic rings. The lowest BCUT2D eigenvalue weighted by molar-refractivity contribution is -0.132. The Labute approximate surface area is 127 Å². The normalized spacial score (nSPS) is 9.64. The topological polar surface area (TPSA) is 108 Å². The number of nitrogens with one attached hydrogen (secondary N) is 2. The van der Waals surface area contributed by atoms with Crippen LogP contribution in [0.4, 0.5) is 17.1 Å². The highest BCUT2D eigenvalue weighted by Gasteiger charge is 2.15. The SMILES string of the molecule is Cc1ccc(NC(=O)C(=O)Nc2ccc(C#N)cc2)c(N)c1. The van der Waals surface area contributed by atoms with Crippen LogP contribution in [0.2, 0.25) is 0 Å². The predicted molar refractivity (Wildman–Crippen MR) is 84.0 cm³/mol. The average molecular weight is 294 g/mol. The Balaban J connectivity index is 2.02. The zero-order valence-corrected chi connectivity index (χ0v) is 11.9. The molecule has 0 fully saturated rings. The number of carbonyl (C=O) groups is 2. The molecule has 0 saturated heterocycles. The summed E-state index contributed by atoms with van der Waals surface area (Å²) in [4.78, 5) is 23.7. The van der Waals surface area contributed by atoms with Crippen molar-refractivity contribution in [2.75, 3.05) is 16.4 Å². The minimum absolute atomic E-state index is 0.380. The lowest BCUT2D eigenvalue weighted by atomic mass is 10.2. The molecule has 0 aliphatic carbocycles. The fourth-order valence-electron chi connectivity index (χ4n) is 1.79. The molecule has 22 heavy (non-hydrogen) atoms. The molecule has 6 heteroatoms. The Morgan fingerprint density at radius 1 is 1.05 bits per heavy atom. The summed E-state index contributed by atoms with van der Waals surface area (Å²) >= 11 is 0. The highest BCUT2D eigenvalue weighted by Crippen LogP contribution is 2.19. The van der Waals surface area contributed by atoms with Gasteiger partial charge in [-0.2, -0.15) is 5.26 Å². The zero-order chi connectivity index (χ0) is 16.1. The molecule has 0 unspecified atom stereocenters. The summed E-state index contributed by atoms with van der Waals surface area (Å²) in [5.74, 6) is -1.63. The van der Waals surface area contributed by atoms with Crippen molar-refractivity contribution in [1.29, 1.82) is 5.26 Å². The third kappa shape index (κ3) is 3.61. The van der Waals surface area contributed by atoms with Gasteiger partial charge in [0.25, 0.3) is 0 Å². The minimum atomic E-state index is -0.820. The van der Waals surface area contributed by atoms with E-state index in [9.17, 15) is 9.59 Å². The summed E-state index contributed by atoms with van der Waals surface area (Å²) < 4.78 is 0. The number of nitrogens with zero attached hydrogens (tertiary/aromatic N) is 1. The van der Waals surface area contributed by atoms with Gasteiger partial charge in [0.05, 0.1) is 23.0 Å². The molecule has 0 radical (unpaired) electrons. The van der Waals surface area contributed by atoms with E-state index in [2.05, 4.69) is 10.6 Å². The maximum Gasteiger partial charge on any atom is 0.314 e. The molecule has 0 spiro atoms. The average Bonchev–Trinajstić information content (AvgIpc) is 2.50. The largest absolute Gasteiger partial charge is 0.397 e. The fraction of sp³-hybridized carbons (Fsp3) is 0.0625. The van der Waals surface area contributed by atoms with Crippen LogP contribution in [-0.4, -0.2) is 11.8 Å². The standard InChI is InChI=1S/C16H14N4O2/c1-10-2-7-14(13(18)8-10)20-16(22)15(21)19-12-5-3-11(9-17)4-6-12/h2-8H,18H2,1H3,(H,19,21)(H,20,22). The number of carbonyl (C=O) groups excluding carboxylic acids is 2. The van der Waals surface area contributed by atoms with Crippen LogP contribution in [0.5, 0.6) is 0 Å². The van der Waals surface area contributed by atoms with Gasteiger partial charge in [-0.3, -0.25) is 9.59 Å². The first-order valence-electron chi connectivity index (χ1n) is 6.48. The van der Waals surface area contributed by atoms with E-state index in [1.807, 2.05) is 13.0 Å². The van der Waals surface area contributed by atoms with Gasteiger partial charge < -0.3 is 16.4 Å². The molecule has 0 atom stereocenters. The van der Waals surface area contributed by atoms with Crippen LogP contribution < -0.4 is 16.4 Å². The number of amides is 2. The van der Waals surface area contributed by atoms with Crippen molar-refractivity contribution in [2.45, 2.75) is 6.92 Å². The second kappa shape index (κ2) is 6.41. The van der Waals surface area contributed by atoms with Crippen molar-refractivity contribution in [3.63, 3.8) is 0 Å². The van der Waals surface area contributed by atoms with Crippen molar-refractivity contribution in [1.82, 2.24) is 0 Å². The Bertz CT molecular complexity index is 761. The van der Waals surface area contributed by atoms with Crippen LogP contribution in [0, 0.1) is 18.3 Å². The molecule has 2 amide bonds. The molecule has 2 aromatic carbocycles. The molecule has 0 bridgehead atoms. The number of nitrogen functional groups attached to an aromatic ring is 1. The van der Waals surface area contributed by atoms with E-state index in [0.717, 1.165) is 5.56 Å². The van der Waals surface area contributed by atoms with E-state index < -0.39 is 11.8 Å². The van der Waals surface area contributed by atoms with Gasteiger partial charge in [0.2, 0.25) is 0 Å². The summed E-state index contributed by atoms with van der Waals surface area (Å²) in [6.45, 7) is 1.87. The third-order valence-electron chi connectivity index (χ3n) is 2.93. The van der Waals surface area contributed by atoms with Gasteiger partial charge in [0.15, 0.2) is 0 Å². The fourth-order valence-corrected chi connectivity index (χ4v) is 1.79. The predicted octanol–water partition coefficient (Wildman–Crippen LogP) is 2.03. The van der Waals surface area contributed by atoms with Crippen LogP contribution in [-0.2, 0) is 9.59 Å². The molecule has 4 N–H and O–H groups in total. The summed E-state index contributed by atoms with van der Waals surface area (Å²) in [5.41, 5.74) is 8.40. The van der Waals surface area contributed by atoms with Crippen molar-refractivity contribution in [2.24, 2.45) is 0 Å². The third-order valence-corrected chi connectivity index (χ3v) is 2.93. The van der Waals surface area contributed by atoms with E-state index in [-0.39, 0.29) is 0 Å². The number of nitrogens with two attached hydrogens (primary N) is 1. The second-order valence-electron chi connectivity index (χ2n) is 4.69. The van der Waals surface area contributed by atoms with Crippen molar-refractivity contribution in [3.8, 4) is 6.07 Å². The van der Waals surface area contributed by atoms with E-state index in [1.54, 1.807) is 42.5 Å². The van der Waals surface area contributed by atoms with Crippen LogP contribution in [0.3, 0.4) is 0 Å². The number of hydrogen-bond donors (Lipinski definition) is 3. The van der Waals surface area contributed by atoms with Crippen LogP contribution in [0.1, 0.15) is 11.1 Å². The maximum absolute atomic E-state index is 11.8. The molecular weight excluding hydrogens is 280 g/mol. The molecular formula is C16H14N4O2. The number of hydrogen-bond acceptors (Lipinski definition) is 4. The van der Waals surface area contributed by atoms with E-state index in [4.69, 9.17) is 11.0 Å². The first kappa shape index (κ1) is 15.1. The molecule has 6 nitrogen and oxygen atoms in total. The Morgan fingerprint density at radius 3 is 2.27 bits per heavy atom. The van der Waals surface area contributed by atoms with Crippen LogP contribution in [0.25, 0.3) is 0 Å². The Kier molecular flexibility index (Phi) is 4.39. The summed E-state index contributed by atoms with van der Waals surface area (Å²) in [6.07, 6.45) is 0. The summed E-state index contributed by atoms with van der Waals surface area (Å²) in [6, 6.07) is 13.3. The van der Waals surface area contributed by atoms with Crippen molar-refractivity contribution in [3.05, 3.63) is 53.6 Å².